The average molecular weight is 400 g/mol. The van der Waals surface area contributed by atoms with E-state index in [1.54, 1.807) is 24.3 Å². The highest BCUT2D eigenvalue weighted by Crippen LogP contribution is 2.28. The molecule has 0 aliphatic heterocycles. The molecule has 3 rings (SSSR count). The number of hydrogen-bond acceptors (Lipinski definition) is 5. The number of carboxylic acids is 1. The van der Waals surface area contributed by atoms with Gasteiger partial charge in [0.1, 0.15) is 11.6 Å². The van der Waals surface area contributed by atoms with Gasteiger partial charge in [-0.25, -0.2) is 0 Å². The van der Waals surface area contributed by atoms with Crippen LogP contribution in [0.1, 0.15) is 52.0 Å². The maximum absolute atomic E-state index is 13.0. The van der Waals surface area contributed by atoms with E-state index in [0.717, 1.165) is 12.8 Å². The van der Waals surface area contributed by atoms with Crippen molar-refractivity contribution in [2.24, 2.45) is 17.8 Å². The molecule has 0 radical (unpaired) electrons. The van der Waals surface area contributed by atoms with E-state index >= 15 is 0 Å². The zero-order valence-electron chi connectivity index (χ0n) is 16.9. The van der Waals surface area contributed by atoms with Crippen LogP contribution in [-0.4, -0.2) is 38.5 Å². The molecule has 2 atom stereocenters. The van der Waals surface area contributed by atoms with Crippen LogP contribution < -0.4 is 10.9 Å². The summed E-state index contributed by atoms with van der Waals surface area (Å²) in [5.74, 6) is -1.09. The number of nitrogens with zero attached hydrogens (tertiary/aromatic N) is 3. The van der Waals surface area contributed by atoms with E-state index in [1.165, 1.54) is 4.68 Å². The zero-order chi connectivity index (χ0) is 21.0. The molecule has 1 heterocycles. The van der Waals surface area contributed by atoms with Gasteiger partial charge in [0.25, 0.3) is 5.56 Å². The van der Waals surface area contributed by atoms with E-state index in [2.05, 4.69) is 15.6 Å². The second-order valence-electron chi connectivity index (χ2n) is 7.99. The van der Waals surface area contributed by atoms with Crippen LogP contribution in [0.15, 0.2) is 29.1 Å². The minimum absolute atomic E-state index is 0.0918. The van der Waals surface area contributed by atoms with Crippen molar-refractivity contribution in [2.75, 3.05) is 6.54 Å². The standard InChI is InChI=1S/C21H28N4O4/c1-3-13(2)18(25-20(27)16-6-4-5-7-17(16)23-24-25)19(26)22-12-14-8-10-15(11-9-14)21(28)29/h4-7,13-15,18H,3,8-12H2,1-2H3,(H,22,26)(H,28,29)/t13-,14?,15?,18-/m0/s1. The molecule has 1 aliphatic rings. The van der Waals surface area contributed by atoms with Gasteiger partial charge in [-0.1, -0.05) is 37.6 Å². The first kappa shape index (κ1) is 21.0. The summed E-state index contributed by atoms with van der Waals surface area (Å²) in [5, 5.41) is 20.7. The van der Waals surface area contributed by atoms with Crippen molar-refractivity contribution in [3.63, 3.8) is 0 Å². The molecule has 1 aromatic carbocycles. The predicted molar refractivity (Wildman–Crippen MR) is 108 cm³/mol. The number of benzene rings is 1. The fraction of sp³-hybridized carbons (Fsp3) is 0.571. The maximum atomic E-state index is 13.0. The average Bonchev–Trinajstić information content (AvgIpc) is 2.74. The summed E-state index contributed by atoms with van der Waals surface area (Å²) in [4.78, 5) is 37.0. The predicted octanol–water partition coefficient (Wildman–Crippen LogP) is 2.39. The molecular formula is C21H28N4O4. The van der Waals surface area contributed by atoms with E-state index in [-0.39, 0.29) is 29.2 Å². The summed E-state index contributed by atoms with van der Waals surface area (Å²) < 4.78 is 1.20. The Morgan fingerprint density at radius 1 is 1.24 bits per heavy atom. The first-order valence-electron chi connectivity index (χ1n) is 10.3. The number of aliphatic carboxylic acids is 1. The number of hydrogen-bond donors (Lipinski definition) is 2. The second kappa shape index (κ2) is 9.15. The van der Waals surface area contributed by atoms with Gasteiger partial charge in [-0.15, -0.1) is 5.10 Å². The van der Waals surface area contributed by atoms with Crippen LogP contribution in [0.5, 0.6) is 0 Å². The fourth-order valence-electron chi connectivity index (χ4n) is 3.98. The normalized spacial score (nSPS) is 21.4. The van der Waals surface area contributed by atoms with Crippen molar-refractivity contribution in [1.82, 2.24) is 20.3 Å². The first-order chi connectivity index (χ1) is 13.9. The molecular weight excluding hydrogens is 372 g/mol. The van der Waals surface area contributed by atoms with Crippen molar-refractivity contribution in [1.29, 1.82) is 0 Å². The van der Waals surface area contributed by atoms with Crippen LogP contribution in [0.25, 0.3) is 10.9 Å². The molecule has 1 aromatic heterocycles. The van der Waals surface area contributed by atoms with Gasteiger partial charge in [0, 0.05) is 6.54 Å². The van der Waals surface area contributed by atoms with Crippen LogP contribution in [0, 0.1) is 17.8 Å². The molecule has 2 N–H and O–H groups in total. The molecule has 29 heavy (non-hydrogen) atoms. The minimum Gasteiger partial charge on any atom is -0.481 e. The quantitative estimate of drug-likeness (QED) is 0.738. The Kier molecular flexibility index (Phi) is 6.61. The topological polar surface area (TPSA) is 114 Å². The van der Waals surface area contributed by atoms with E-state index in [4.69, 9.17) is 5.11 Å². The Morgan fingerprint density at radius 2 is 1.93 bits per heavy atom. The Bertz CT molecular complexity index is 934. The molecule has 0 saturated heterocycles. The van der Waals surface area contributed by atoms with E-state index in [1.807, 2.05) is 13.8 Å². The van der Waals surface area contributed by atoms with Gasteiger partial charge in [0.2, 0.25) is 5.91 Å². The van der Waals surface area contributed by atoms with Crippen LogP contribution in [-0.2, 0) is 9.59 Å². The Labute approximate surface area is 169 Å². The first-order valence-corrected chi connectivity index (χ1v) is 10.3. The second-order valence-corrected chi connectivity index (χ2v) is 7.99. The largest absolute Gasteiger partial charge is 0.481 e. The van der Waals surface area contributed by atoms with Crippen molar-refractivity contribution >= 4 is 22.8 Å². The maximum Gasteiger partial charge on any atom is 0.306 e. The molecule has 0 unspecified atom stereocenters. The number of rotatable bonds is 7. The molecule has 8 nitrogen and oxygen atoms in total. The van der Waals surface area contributed by atoms with Gasteiger partial charge in [0.15, 0.2) is 0 Å². The lowest BCUT2D eigenvalue weighted by Crippen LogP contribution is -2.43. The number of carboxylic acid groups (broad SMARTS) is 1. The van der Waals surface area contributed by atoms with Gasteiger partial charge in [-0.2, -0.15) is 4.68 Å². The molecule has 1 saturated carbocycles. The van der Waals surface area contributed by atoms with Crippen LogP contribution in [0.2, 0.25) is 0 Å². The Hall–Kier alpha value is -2.77. The summed E-state index contributed by atoms with van der Waals surface area (Å²) >= 11 is 0. The molecule has 0 bridgehead atoms. The minimum atomic E-state index is -0.737. The lowest BCUT2D eigenvalue weighted by molar-refractivity contribution is -0.143. The Balaban J connectivity index is 1.74. The fourth-order valence-corrected chi connectivity index (χ4v) is 3.98. The summed E-state index contributed by atoms with van der Waals surface area (Å²) in [6.07, 6.45) is 3.55. The van der Waals surface area contributed by atoms with Gasteiger partial charge in [-0.05, 0) is 49.7 Å². The number of nitrogens with one attached hydrogen (secondary N) is 1. The lowest BCUT2D eigenvalue weighted by atomic mass is 9.82. The Morgan fingerprint density at radius 3 is 2.59 bits per heavy atom. The zero-order valence-corrected chi connectivity index (χ0v) is 16.9. The number of aromatic nitrogens is 3. The third kappa shape index (κ3) is 4.63. The third-order valence-corrected chi connectivity index (χ3v) is 6.07. The molecule has 156 valence electrons. The third-order valence-electron chi connectivity index (χ3n) is 6.07. The SMILES string of the molecule is CC[C@H](C)[C@@H](C(=O)NCC1CCC(C(=O)O)CC1)n1nnc2ccccc2c1=O. The summed E-state index contributed by atoms with van der Waals surface area (Å²) in [6.45, 7) is 4.37. The van der Waals surface area contributed by atoms with Gasteiger partial charge < -0.3 is 10.4 Å². The van der Waals surface area contributed by atoms with Gasteiger partial charge in [0.05, 0.1) is 11.3 Å². The van der Waals surface area contributed by atoms with E-state index < -0.39 is 12.0 Å². The van der Waals surface area contributed by atoms with E-state index in [0.29, 0.717) is 36.7 Å². The molecule has 1 amide bonds. The highest BCUT2D eigenvalue weighted by atomic mass is 16.4. The highest BCUT2D eigenvalue weighted by Gasteiger charge is 2.30. The van der Waals surface area contributed by atoms with Crippen molar-refractivity contribution in [2.45, 2.75) is 52.0 Å². The highest BCUT2D eigenvalue weighted by molar-refractivity contribution is 5.81. The molecule has 1 fully saturated rings. The lowest BCUT2D eigenvalue weighted by Gasteiger charge is -2.28. The number of carbonyl (C=O) groups is 2. The van der Waals surface area contributed by atoms with Crippen molar-refractivity contribution < 1.29 is 14.7 Å². The van der Waals surface area contributed by atoms with Crippen LogP contribution in [0.3, 0.4) is 0 Å². The van der Waals surface area contributed by atoms with E-state index in [9.17, 15) is 14.4 Å². The summed E-state index contributed by atoms with van der Waals surface area (Å²) in [7, 11) is 0. The monoisotopic (exact) mass is 400 g/mol. The van der Waals surface area contributed by atoms with Crippen LogP contribution >= 0.6 is 0 Å². The number of amides is 1. The van der Waals surface area contributed by atoms with Crippen molar-refractivity contribution in [3.8, 4) is 0 Å². The molecule has 8 heteroatoms. The summed E-state index contributed by atoms with van der Waals surface area (Å²) in [6, 6.07) is 6.23. The van der Waals surface area contributed by atoms with Crippen molar-refractivity contribution in [3.05, 3.63) is 34.6 Å². The number of carbonyl (C=O) groups excluding carboxylic acids is 1. The molecule has 1 aliphatic carbocycles. The molecule has 0 spiro atoms. The molecule has 2 aromatic rings. The summed E-state index contributed by atoms with van der Waals surface area (Å²) in [5.41, 5.74) is 0.185. The smallest absolute Gasteiger partial charge is 0.306 e. The number of fused-ring (bicyclic) bond motifs is 1. The van der Waals surface area contributed by atoms with Crippen LogP contribution in [0.4, 0.5) is 0 Å². The van der Waals surface area contributed by atoms with Gasteiger partial charge >= 0.3 is 5.97 Å². The van der Waals surface area contributed by atoms with Gasteiger partial charge in [-0.3, -0.25) is 14.4 Å².